The van der Waals surface area contributed by atoms with Crippen molar-refractivity contribution >= 4 is 17.2 Å². The number of nitrogens with one attached hydrogen (secondary N) is 1. The Morgan fingerprint density at radius 3 is 3.11 bits per heavy atom. The van der Waals surface area contributed by atoms with Crippen LogP contribution in [0.3, 0.4) is 0 Å². The van der Waals surface area contributed by atoms with Crippen LogP contribution in [-0.2, 0) is 6.54 Å². The molecule has 1 aliphatic heterocycles. The lowest BCUT2D eigenvalue weighted by Crippen LogP contribution is -2.40. The Kier molecular flexibility index (Phi) is 4.89. The molecule has 1 atom stereocenters. The molecule has 0 saturated carbocycles. The first-order valence-corrected chi connectivity index (χ1v) is 9.98. The van der Waals surface area contributed by atoms with Crippen LogP contribution in [0.25, 0.3) is 10.6 Å². The summed E-state index contributed by atoms with van der Waals surface area (Å²) in [5, 5.41) is 1.97. The fourth-order valence-electron chi connectivity index (χ4n) is 3.52. The average molecular weight is 383 g/mol. The molecule has 1 amide bonds. The van der Waals surface area contributed by atoms with Crippen LogP contribution >= 0.6 is 11.3 Å². The Labute approximate surface area is 160 Å². The number of thiophene rings is 1. The van der Waals surface area contributed by atoms with E-state index < -0.39 is 0 Å². The molecule has 1 N–H and O–H groups in total. The first kappa shape index (κ1) is 17.7. The summed E-state index contributed by atoms with van der Waals surface area (Å²) in [6.45, 7) is 3.95. The van der Waals surface area contributed by atoms with Gasteiger partial charge in [0.15, 0.2) is 0 Å². The molecule has 1 aliphatic rings. The van der Waals surface area contributed by atoms with Crippen LogP contribution in [0.2, 0.25) is 0 Å². The van der Waals surface area contributed by atoms with Crippen LogP contribution < -0.4 is 5.56 Å². The third-order valence-corrected chi connectivity index (χ3v) is 5.79. The van der Waals surface area contributed by atoms with E-state index in [1.54, 1.807) is 23.9 Å². The van der Waals surface area contributed by atoms with Gasteiger partial charge in [-0.25, -0.2) is 9.97 Å². The maximum absolute atomic E-state index is 12.9. The van der Waals surface area contributed by atoms with E-state index in [4.69, 9.17) is 0 Å². The van der Waals surface area contributed by atoms with Gasteiger partial charge >= 0.3 is 0 Å². The van der Waals surface area contributed by atoms with Crippen molar-refractivity contribution in [3.63, 3.8) is 0 Å². The van der Waals surface area contributed by atoms with Gasteiger partial charge in [-0.05, 0) is 31.2 Å². The van der Waals surface area contributed by atoms with Crippen molar-refractivity contribution in [1.82, 2.24) is 24.4 Å². The molecule has 3 aromatic rings. The summed E-state index contributed by atoms with van der Waals surface area (Å²) in [5.74, 6) is 0.663. The van der Waals surface area contributed by atoms with Crippen molar-refractivity contribution in [3.8, 4) is 10.6 Å². The number of hydrogen-bond acceptors (Lipinski definition) is 5. The van der Waals surface area contributed by atoms with Gasteiger partial charge in [0.2, 0.25) is 0 Å². The predicted octanol–water partition coefficient (Wildman–Crippen LogP) is 2.73. The average Bonchev–Trinajstić information content (AvgIpc) is 3.38. The number of nitrogens with zero attached hydrogens (tertiary/aromatic N) is 4. The zero-order chi connectivity index (χ0) is 18.8. The predicted molar refractivity (Wildman–Crippen MR) is 104 cm³/mol. The molecule has 0 unspecified atom stereocenters. The third-order valence-electron chi connectivity index (χ3n) is 4.90. The molecule has 0 spiro atoms. The monoisotopic (exact) mass is 383 g/mol. The fraction of sp³-hybridized carbons (Fsp3) is 0.368. The van der Waals surface area contributed by atoms with Crippen LogP contribution in [0.1, 0.15) is 42.0 Å². The van der Waals surface area contributed by atoms with Gasteiger partial charge in [0.25, 0.3) is 11.5 Å². The van der Waals surface area contributed by atoms with Crippen molar-refractivity contribution in [2.45, 2.75) is 32.2 Å². The van der Waals surface area contributed by atoms with Crippen molar-refractivity contribution in [2.24, 2.45) is 0 Å². The summed E-state index contributed by atoms with van der Waals surface area (Å²) >= 11 is 1.56. The number of likely N-dealkylation sites (tertiary alicyclic amines) is 1. The second kappa shape index (κ2) is 7.48. The third kappa shape index (κ3) is 3.57. The minimum absolute atomic E-state index is 0.0178. The molecular formula is C19H21N5O2S. The molecule has 0 bridgehead atoms. The zero-order valence-electron chi connectivity index (χ0n) is 15.1. The lowest BCUT2D eigenvalue weighted by atomic mass is 9.96. The van der Waals surface area contributed by atoms with Gasteiger partial charge in [0.05, 0.1) is 23.1 Å². The molecule has 1 fully saturated rings. The van der Waals surface area contributed by atoms with Crippen molar-refractivity contribution < 1.29 is 4.79 Å². The van der Waals surface area contributed by atoms with Gasteiger partial charge in [-0.15, -0.1) is 11.3 Å². The van der Waals surface area contributed by atoms with E-state index in [0.717, 1.165) is 17.7 Å². The van der Waals surface area contributed by atoms with E-state index in [0.29, 0.717) is 36.8 Å². The van der Waals surface area contributed by atoms with Gasteiger partial charge in [-0.1, -0.05) is 6.07 Å². The minimum atomic E-state index is -0.157. The number of aromatic nitrogens is 4. The van der Waals surface area contributed by atoms with Crippen LogP contribution in [0.4, 0.5) is 0 Å². The van der Waals surface area contributed by atoms with E-state index in [2.05, 4.69) is 15.0 Å². The van der Waals surface area contributed by atoms with E-state index in [1.165, 1.54) is 6.07 Å². The molecule has 0 aliphatic carbocycles. The Morgan fingerprint density at radius 1 is 1.44 bits per heavy atom. The molecule has 27 heavy (non-hydrogen) atoms. The maximum atomic E-state index is 12.9. The highest BCUT2D eigenvalue weighted by Gasteiger charge is 2.28. The highest BCUT2D eigenvalue weighted by molar-refractivity contribution is 7.13. The standard InChI is InChI=1S/C19H21N5O2S/c1-2-23-12-20-10-15(23)19(26)24-7-3-5-13(11-24)18-21-14(9-17(25)22-18)16-6-4-8-27-16/h4,6,8-10,12-13H,2-3,5,7,11H2,1H3,(H,21,22,25)/t13-/m0/s1. The van der Waals surface area contributed by atoms with Gasteiger partial charge in [-0.2, -0.15) is 0 Å². The first-order chi connectivity index (χ1) is 13.2. The molecule has 4 heterocycles. The molecule has 140 valence electrons. The van der Waals surface area contributed by atoms with Gasteiger partial charge in [-0.3, -0.25) is 9.59 Å². The number of carbonyl (C=O) groups excluding carboxylic acids is 1. The Hall–Kier alpha value is -2.74. The quantitative estimate of drug-likeness (QED) is 0.751. The molecule has 0 aromatic carbocycles. The lowest BCUT2D eigenvalue weighted by molar-refractivity contribution is 0.0693. The van der Waals surface area contributed by atoms with E-state index >= 15 is 0 Å². The second-order valence-electron chi connectivity index (χ2n) is 6.65. The van der Waals surface area contributed by atoms with Gasteiger partial charge < -0.3 is 14.5 Å². The number of amides is 1. The van der Waals surface area contributed by atoms with Gasteiger partial charge in [0.1, 0.15) is 11.5 Å². The minimum Gasteiger partial charge on any atom is -0.337 e. The second-order valence-corrected chi connectivity index (χ2v) is 7.60. The van der Waals surface area contributed by atoms with Crippen molar-refractivity contribution in [2.75, 3.05) is 13.1 Å². The number of imidazole rings is 1. The van der Waals surface area contributed by atoms with Crippen LogP contribution in [0, 0.1) is 0 Å². The Balaban J connectivity index is 1.58. The number of aromatic amines is 1. The van der Waals surface area contributed by atoms with E-state index in [-0.39, 0.29) is 17.4 Å². The van der Waals surface area contributed by atoms with Crippen molar-refractivity contribution in [1.29, 1.82) is 0 Å². The fourth-order valence-corrected chi connectivity index (χ4v) is 4.20. The highest BCUT2D eigenvalue weighted by atomic mass is 32.1. The molecule has 4 rings (SSSR count). The zero-order valence-corrected chi connectivity index (χ0v) is 15.9. The number of aryl methyl sites for hydroxylation is 1. The van der Waals surface area contributed by atoms with Crippen molar-refractivity contribution in [3.05, 3.63) is 58.0 Å². The number of H-pyrrole nitrogens is 1. The summed E-state index contributed by atoms with van der Waals surface area (Å²) in [5.41, 5.74) is 1.14. The summed E-state index contributed by atoms with van der Waals surface area (Å²) in [7, 11) is 0. The summed E-state index contributed by atoms with van der Waals surface area (Å²) < 4.78 is 1.85. The topological polar surface area (TPSA) is 83.9 Å². The van der Waals surface area contributed by atoms with Gasteiger partial charge in [0, 0.05) is 31.6 Å². The summed E-state index contributed by atoms with van der Waals surface area (Å²) in [4.78, 5) is 39.5. The number of hydrogen-bond donors (Lipinski definition) is 1. The summed E-state index contributed by atoms with van der Waals surface area (Å²) in [6, 6.07) is 5.43. The normalized spacial score (nSPS) is 17.2. The maximum Gasteiger partial charge on any atom is 0.272 e. The SMILES string of the molecule is CCn1cncc1C(=O)N1CCC[C@H](c2nc(-c3cccs3)cc(=O)[nH]2)C1. The van der Waals surface area contributed by atoms with Crippen LogP contribution in [-0.4, -0.2) is 43.4 Å². The summed E-state index contributed by atoms with van der Waals surface area (Å²) in [6.07, 6.45) is 5.07. The molecular weight excluding hydrogens is 362 g/mol. The molecule has 7 nitrogen and oxygen atoms in total. The molecule has 1 saturated heterocycles. The Bertz CT molecular complexity index is 992. The van der Waals surface area contributed by atoms with Crippen LogP contribution in [0.15, 0.2) is 40.9 Å². The largest absolute Gasteiger partial charge is 0.337 e. The smallest absolute Gasteiger partial charge is 0.272 e. The number of carbonyl (C=O) groups is 1. The molecule has 3 aromatic heterocycles. The van der Waals surface area contributed by atoms with Crippen LogP contribution in [0.5, 0.6) is 0 Å². The molecule has 0 radical (unpaired) electrons. The highest BCUT2D eigenvalue weighted by Crippen LogP contribution is 2.27. The van der Waals surface area contributed by atoms with E-state index in [1.807, 2.05) is 33.9 Å². The number of rotatable bonds is 4. The van der Waals surface area contributed by atoms with E-state index in [9.17, 15) is 9.59 Å². The number of piperidine rings is 1. The first-order valence-electron chi connectivity index (χ1n) is 9.10. The molecule has 8 heteroatoms. The lowest BCUT2D eigenvalue weighted by Gasteiger charge is -2.32. The Morgan fingerprint density at radius 2 is 2.33 bits per heavy atom.